The van der Waals surface area contributed by atoms with Gasteiger partial charge in [-0.1, -0.05) is 6.42 Å². The lowest BCUT2D eigenvalue weighted by atomic mass is 9.85. The van der Waals surface area contributed by atoms with E-state index in [0.717, 1.165) is 19.3 Å². The summed E-state index contributed by atoms with van der Waals surface area (Å²) in [6.07, 6.45) is 5.03. The molecule has 1 amide bonds. The van der Waals surface area contributed by atoms with Gasteiger partial charge in [0.05, 0.1) is 11.8 Å². The zero-order valence-electron chi connectivity index (χ0n) is 9.63. The summed E-state index contributed by atoms with van der Waals surface area (Å²) in [5.74, 6) is -0.139. The number of hydrogen-bond acceptors (Lipinski definition) is 4. The molecule has 3 unspecified atom stereocenters. The van der Waals surface area contributed by atoms with E-state index >= 15 is 0 Å². The van der Waals surface area contributed by atoms with Crippen LogP contribution in [0.4, 0.5) is 0 Å². The van der Waals surface area contributed by atoms with Gasteiger partial charge in [0.25, 0.3) is 0 Å². The Labute approximate surface area is 101 Å². The van der Waals surface area contributed by atoms with Crippen LogP contribution < -0.4 is 11.1 Å². The van der Waals surface area contributed by atoms with Crippen LogP contribution in [0.3, 0.4) is 0 Å². The molecule has 1 aliphatic heterocycles. The van der Waals surface area contributed by atoms with Gasteiger partial charge in [-0.15, -0.1) is 0 Å². The third kappa shape index (κ3) is 3.29. The van der Waals surface area contributed by atoms with Crippen molar-refractivity contribution in [2.45, 2.75) is 37.8 Å². The fourth-order valence-corrected chi connectivity index (χ4v) is 3.67. The number of nitrogens with one attached hydrogen (secondary N) is 1. The van der Waals surface area contributed by atoms with Crippen molar-refractivity contribution in [1.82, 2.24) is 5.32 Å². The molecule has 2 aliphatic rings. The number of amides is 1. The minimum absolute atomic E-state index is 0.0164. The van der Waals surface area contributed by atoms with E-state index in [2.05, 4.69) is 5.32 Å². The average Bonchev–Trinajstić information content (AvgIpc) is 2.58. The third-order valence-electron chi connectivity index (χ3n) is 3.34. The number of sulfone groups is 1. The van der Waals surface area contributed by atoms with Crippen LogP contribution in [0.2, 0.25) is 0 Å². The molecule has 0 bridgehead atoms. The standard InChI is InChI=1S/C11H18N2O3S/c12-9-3-1-2-8(6-9)11(14)13-10-4-5-17(15,16)7-10/h4-5,8-10H,1-3,6-7,12H2,(H,13,14). The molecule has 0 saturated heterocycles. The summed E-state index contributed by atoms with van der Waals surface area (Å²) in [6.45, 7) is 0. The van der Waals surface area contributed by atoms with Crippen LogP contribution in [0, 0.1) is 5.92 Å². The topological polar surface area (TPSA) is 89.3 Å². The van der Waals surface area contributed by atoms with Crippen LogP contribution in [0.5, 0.6) is 0 Å². The van der Waals surface area contributed by atoms with Gasteiger partial charge in [-0.3, -0.25) is 4.79 Å². The Morgan fingerprint density at radius 2 is 2.12 bits per heavy atom. The van der Waals surface area contributed by atoms with Crippen LogP contribution in [0.25, 0.3) is 0 Å². The molecule has 5 nitrogen and oxygen atoms in total. The van der Waals surface area contributed by atoms with E-state index < -0.39 is 9.84 Å². The summed E-state index contributed by atoms with van der Waals surface area (Å²) >= 11 is 0. The highest BCUT2D eigenvalue weighted by molar-refractivity contribution is 7.94. The van der Waals surface area contributed by atoms with E-state index in [-0.39, 0.29) is 29.7 Å². The van der Waals surface area contributed by atoms with Crippen LogP contribution in [0.1, 0.15) is 25.7 Å². The van der Waals surface area contributed by atoms with E-state index in [1.54, 1.807) is 0 Å². The molecule has 2 rings (SSSR count). The first-order chi connectivity index (χ1) is 7.96. The first kappa shape index (κ1) is 12.6. The number of nitrogens with two attached hydrogens (primary N) is 1. The maximum Gasteiger partial charge on any atom is 0.223 e. The van der Waals surface area contributed by atoms with Crippen molar-refractivity contribution in [3.8, 4) is 0 Å². The number of rotatable bonds is 2. The molecule has 1 fully saturated rings. The van der Waals surface area contributed by atoms with Crippen molar-refractivity contribution in [3.63, 3.8) is 0 Å². The van der Waals surface area contributed by atoms with Crippen LogP contribution in [-0.4, -0.2) is 32.2 Å². The quantitative estimate of drug-likeness (QED) is 0.725. The molecule has 0 aromatic heterocycles. The van der Waals surface area contributed by atoms with Crippen LogP contribution >= 0.6 is 0 Å². The molecule has 1 heterocycles. The average molecular weight is 258 g/mol. The van der Waals surface area contributed by atoms with Crippen molar-refractivity contribution in [3.05, 3.63) is 11.5 Å². The summed E-state index contributed by atoms with van der Waals surface area (Å²) in [5, 5.41) is 3.94. The maximum absolute atomic E-state index is 11.9. The Balaban J connectivity index is 1.87. The Kier molecular flexibility index (Phi) is 3.53. The first-order valence-electron chi connectivity index (χ1n) is 5.93. The van der Waals surface area contributed by atoms with Gasteiger partial charge in [-0.2, -0.15) is 0 Å². The normalized spacial score (nSPS) is 35.7. The molecule has 0 aromatic carbocycles. The number of carbonyl (C=O) groups is 1. The predicted octanol–water partition coefficient (Wildman–Crippen LogP) is -0.0692. The Hall–Kier alpha value is -0.880. The van der Waals surface area contributed by atoms with Crippen molar-refractivity contribution < 1.29 is 13.2 Å². The fourth-order valence-electron chi connectivity index (χ4n) is 2.43. The molecule has 96 valence electrons. The van der Waals surface area contributed by atoms with Gasteiger partial charge in [0.1, 0.15) is 0 Å². The summed E-state index contributed by atoms with van der Waals surface area (Å²) < 4.78 is 22.4. The van der Waals surface area contributed by atoms with Gasteiger partial charge >= 0.3 is 0 Å². The highest BCUT2D eigenvalue weighted by Gasteiger charge is 2.29. The van der Waals surface area contributed by atoms with E-state index in [1.807, 2.05) is 0 Å². The van der Waals surface area contributed by atoms with Gasteiger partial charge in [-0.05, 0) is 25.3 Å². The SMILES string of the molecule is NC1CCCC(C(=O)NC2C=CS(=O)(=O)C2)C1. The molecule has 3 N–H and O–H groups in total. The molecule has 3 atom stereocenters. The van der Waals surface area contributed by atoms with Crippen LogP contribution in [0.15, 0.2) is 11.5 Å². The molecule has 17 heavy (non-hydrogen) atoms. The highest BCUT2D eigenvalue weighted by atomic mass is 32.2. The predicted molar refractivity (Wildman–Crippen MR) is 64.8 cm³/mol. The lowest BCUT2D eigenvalue weighted by molar-refractivity contribution is -0.126. The molecule has 6 heteroatoms. The lowest BCUT2D eigenvalue weighted by Crippen LogP contribution is -2.42. The molecule has 1 saturated carbocycles. The zero-order chi connectivity index (χ0) is 12.5. The van der Waals surface area contributed by atoms with E-state index in [1.165, 1.54) is 11.5 Å². The Morgan fingerprint density at radius 1 is 1.35 bits per heavy atom. The Bertz CT molecular complexity index is 430. The molecular formula is C11H18N2O3S. The molecule has 1 aliphatic carbocycles. The van der Waals surface area contributed by atoms with Gasteiger partial charge in [-0.25, -0.2) is 8.42 Å². The zero-order valence-corrected chi connectivity index (χ0v) is 10.4. The van der Waals surface area contributed by atoms with Crippen molar-refractivity contribution >= 4 is 15.7 Å². The van der Waals surface area contributed by atoms with Gasteiger partial charge in [0.15, 0.2) is 9.84 Å². The first-order valence-corrected chi connectivity index (χ1v) is 7.65. The second kappa shape index (κ2) is 4.78. The fraction of sp³-hybridized carbons (Fsp3) is 0.727. The summed E-state index contributed by atoms with van der Waals surface area (Å²) in [6, 6.07) is -0.270. The van der Waals surface area contributed by atoms with E-state index in [4.69, 9.17) is 5.73 Å². The molecular weight excluding hydrogens is 240 g/mol. The summed E-state index contributed by atoms with van der Waals surface area (Å²) in [7, 11) is -3.10. The van der Waals surface area contributed by atoms with Crippen molar-refractivity contribution in [2.75, 3.05) is 5.75 Å². The number of hydrogen-bond donors (Lipinski definition) is 2. The highest BCUT2D eigenvalue weighted by Crippen LogP contribution is 2.23. The smallest absolute Gasteiger partial charge is 0.223 e. The monoisotopic (exact) mass is 258 g/mol. The second-order valence-electron chi connectivity index (χ2n) is 4.90. The van der Waals surface area contributed by atoms with E-state index in [0.29, 0.717) is 6.42 Å². The largest absolute Gasteiger partial charge is 0.349 e. The van der Waals surface area contributed by atoms with Gasteiger partial charge < -0.3 is 11.1 Å². The van der Waals surface area contributed by atoms with Crippen molar-refractivity contribution in [1.29, 1.82) is 0 Å². The number of carbonyl (C=O) groups excluding carboxylic acids is 1. The lowest BCUT2D eigenvalue weighted by Gasteiger charge is -2.26. The second-order valence-corrected chi connectivity index (χ2v) is 6.83. The maximum atomic E-state index is 11.9. The van der Waals surface area contributed by atoms with Gasteiger partial charge in [0, 0.05) is 17.4 Å². The minimum Gasteiger partial charge on any atom is -0.349 e. The molecule has 0 spiro atoms. The van der Waals surface area contributed by atoms with Crippen molar-refractivity contribution in [2.24, 2.45) is 11.7 Å². The summed E-state index contributed by atoms with van der Waals surface area (Å²) in [5.41, 5.74) is 5.82. The Morgan fingerprint density at radius 3 is 2.71 bits per heavy atom. The third-order valence-corrected chi connectivity index (χ3v) is 4.74. The summed E-state index contributed by atoms with van der Waals surface area (Å²) in [4.78, 5) is 11.9. The van der Waals surface area contributed by atoms with Crippen LogP contribution in [-0.2, 0) is 14.6 Å². The molecule has 0 radical (unpaired) electrons. The molecule has 0 aromatic rings. The minimum atomic E-state index is -3.10. The van der Waals surface area contributed by atoms with E-state index in [9.17, 15) is 13.2 Å². The van der Waals surface area contributed by atoms with Gasteiger partial charge in [0.2, 0.25) is 5.91 Å².